The number of ether oxygens (including phenoxy) is 1. The van der Waals surface area contributed by atoms with Crippen LogP contribution in [0.3, 0.4) is 0 Å². The molecular weight excluding hydrogens is 496 g/mol. The summed E-state index contributed by atoms with van der Waals surface area (Å²) in [6.45, 7) is 18.8. The minimum atomic E-state index is -1.13. The van der Waals surface area contributed by atoms with Gasteiger partial charge in [0.25, 0.3) is 0 Å². The Kier molecular flexibility index (Phi) is 12.5. The van der Waals surface area contributed by atoms with Crippen molar-refractivity contribution in [3.8, 4) is 0 Å². The molecule has 39 heavy (non-hydrogen) atoms. The van der Waals surface area contributed by atoms with Gasteiger partial charge in [0.05, 0.1) is 0 Å². The highest BCUT2D eigenvalue weighted by molar-refractivity contribution is 5.93. The monoisotopic (exact) mass is 546 g/mol. The number of rotatable bonds is 13. The quantitative estimate of drug-likeness (QED) is 0.326. The number of nitrogens with zero attached hydrogens (tertiary/aromatic N) is 1. The highest BCUT2D eigenvalue weighted by atomic mass is 16.6. The zero-order valence-electron chi connectivity index (χ0n) is 25.6. The molecule has 1 aromatic carbocycles. The van der Waals surface area contributed by atoms with E-state index >= 15 is 0 Å². The van der Waals surface area contributed by atoms with Crippen LogP contribution >= 0.6 is 0 Å². The second kappa shape index (κ2) is 14.3. The van der Waals surface area contributed by atoms with Crippen LogP contribution in [0.25, 0.3) is 0 Å². The summed E-state index contributed by atoms with van der Waals surface area (Å²) in [6, 6.07) is 3.63. The zero-order valence-corrected chi connectivity index (χ0v) is 25.6. The van der Waals surface area contributed by atoms with Gasteiger partial charge in [-0.1, -0.05) is 49.6 Å². The number of amides is 4. The predicted octanol–water partition coefficient (Wildman–Crippen LogP) is 4.83. The van der Waals surface area contributed by atoms with Crippen molar-refractivity contribution in [1.29, 1.82) is 0 Å². The van der Waals surface area contributed by atoms with Crippen LogP contribution < -0.4 is 16.4 Å². The van der Waals surface area contributed by atoms with Gasteiger partial charge in [-0.25, -0.2) is 4.79 Å². The van der Waals surface area contributed by atoms with Crippen LogP contribution in [0.15, 0.2) is 18.2 Å². The summed E-state index contributed by atoms with van der Waals surface area (Å²) < 4.78 is 5.40. The Morgan fingerprint density at radius 2 is 1.51 bits per heavy atom. The number of nitrogens with one attached hydrogen (secondary N) is 2. The van der Waals surface area contributed by atoms with Gasteiger partial charge in [0.1, 0.15) is 17.7 Å². The van der Waals surface area contributed by atoms with Crippen molar-refractivity contribution in [2.24, 2.45) is 5.73 Å². The molecule has 0 fully saturated rings. The van der Waals surface area contributed by atoms with E-state index in [2.05, 4.69) is 10.6 Å². The summed E-state index contributed by atoms with van der Waals surface area (Å²) in [5, 5.41) is 5.73. The van der Waals surface area contributed by atoms with Crippen molar-refractivity contribution in [2.75, 3.05) is 0 Å². The van der Waals surface area contributed by atoms with Gasteiger partial charge in [-0.15, -0.1) is 0 Å². The van der Waals surface area contributed by atoms with E-state index in [9.17, 15) is 19.2 Å². The first kappa shape index (κ1) is 33.9. The zero-order chi connectivity index (χ0) is 30.1. The third kappa shape index (κ3) is 10.9. The van der Waals surface area contributed by atoms with Crippen LogP contribution in [0.1, 0.15) is 110 Å². The van der Waals surface area contributed by atoms with Crippen molar-refractivity contribution in [1.82, 2.24) is 15.5 Å². The summed E-state index contributed by atoms with van der Waals surface area (Å²) in [7, 11) is 0. The maximum absolute atomic E-state index is 14.4. The summed E-state index contributed by atoms with van der Waals surface area (Å²) in [5.41, 5.74) is 6.43. The maximum atomic E-state index is 14.4. The third-order valence-electron chi connectivity index (χ3n) is 6.60. The summed E-state index contributed by atoms with van der Waals surface area (Å²) in [6.07, 6.45) is 1.28. The fraction of sp³-hybridized carbons (Fsp3) is 0.667. The number of benzene rings is 1. The van der Waals surface area contributed by atoms with Gasteiger partial charge in [-0.05, 0) is 80.2 Å². The van der Waals surface area contributed by atoms with E-state index in [1.807, 2.05) is 66.7 Å². The molecule has 0 aliphatic carbocycles. The third-order valence-corrected chi connectivity index (χ3v) is 6.60. The average molecular weight is 547 g/mol. The predicted molar refractivity (Wildman–Crippen MR) is 154 cm³/mol. The molecule has 3 unspecified atom stereocenters. The number of carbonyl (C=O) groups is 4. The molecule has 4 amide bonds. The molecule has 0 aliphatic heterocycles. The lowest BCUT2D eigenvalue weighted by Crippen LogP contribution is -2.59. The van der Waals surface area contributed by atoms with Crippen molar-refractivity contribution >= 4 is 23.8 Å². The average Bonchev–Trinajstić information content (AvgIpc) is 2.77. The Balaban J connectivity index is 3.73. The largest absolute Gasteiger partial charge is 0.444 e. The lowest BCUT2D eigenvalue weighted by molar-refractivity contribution is -0.149. The van der Waals surface area contributed by atoms with Crippen LogP contribution in [-0.4, -0.2) is 51.9 Å². The van der Waals surface area contributed by atoms with E-state index in [0.717, 1.165) is 24.0 Å². The number of hydrogen-bond acceptors (Lipinski definition) is 5. The Morgan fingerprint density at radius 3 is 1.97 bits per heavy atom. The second-order valence-electron chi connectivity index (χ2n) is 12.1. The Bertz CT molecular complexity index is 995. The molecule has 0 bridgehead atoms. The topological polar surface area (TPSA) is 131 Å². The first-order valence-electron chi connectivity index (χ1n) is 13.9. The molecule has 0 heterocycles. The molecule has 1 rings (SSSR count). The SMILES string of the molecule is CCCC(C)NC(=O)C(c1cc(C)cc(C)c1)N(C(=O)C(CCC(N)=O)NC(=O)OC(C)(C)C)C(C)(C)CC. The number of alkyl carbamates (subject to hydrolysis) is 1. The number of carbonyl (C=O) groups excluding carboxylic acids is 4. The summed E-state index contributed by atoms with van der Waals surface area (Å²) in [4.78, 5) is 54.3. The maximum Gasteiger partial charge on any atom is 0.408 e. The first-order chi connectivity index (χ1) is 17.9. The minimum absolute atomic E-state index is 0.0306. The highest BCUT2D eigenvalue weighted by Gasteiger charge is 2.43. The molecule has 9 heteroatoms. The molecule has 0 aromatic heterocycles. The van der Waals surface area contributed by atoms with Crippen LogP contribution in [0.5, 0.6) is 0 Å². The molecule has 0 aliphatic rings. The smallest absolute Gasteiger partial charge is 0.408 e. The fourth-order valence-corrected chi connectivity index (χ4v) is 4.52. The van der Waals surface area contributed by atoms with Gasteiger partial charge in [0.2, 0.25) is 17.7 Å². The molecule has 0 radical (unpaired) electrons. The van der Waals surface area contributed by atoms with Crippen LogP contribution in [0.4, 0.5) is 4.79 Å². The van der Waals surface area contributed by atoms with Gasteiger partial charge in [-0.2, -0.15) is 0 Å². The van der Waals surface area contributed by atoms with Gasteiger partial charge >= 0.3 is 6.09 Å². The Hall–Kier alpha value is -3.10. The van der Waals surface area contributed by atoms with Gasteiger partial charge in [0, 0.05) is 18.0 Å². The number of hydrogen-bond donors (Lipinski definition) is 3. The van der Waals surface area contributed by atoms with E-state index < -0.39 is 41.1 Å². The van der Waals surface area contributed by atoms with Crippen molar-refractivity contribution in [3.05, 3.63) is 34.9 Å². The molecule has 0 saturated carbocycles. The number of primary amides is 1. The van der Waals surface area contributed by atoms with E-state index in [1.54, 1.807) is 25.7 Å². The van der Waals surface area contributed by atoms with Gasteiger partial charge in [0.15, 0.2) is 0 Å². The summed E-state index contributed by atoms with van der Waals surface area (Å²) >= 11 is 0. The molecule has 9 nitrogen and oxygen atoms in total. The molecule has 1 aromatic rings. The number of nitrogens with two attached hydrogens (primary N) is 1. The van der Waals surface area contributed by atoms with E-state index in [-0.39, 0.29) is 24.8 Å². The van der Waals surface area contributed by atoms with E-state index in [0.29, 0.717) is 12.0 Å². The van der Waals surface area contributed by atoms with Crippen LogP contribution in [0.2, 0.25) is 0 Å². The van der Waals surface area contributed by atoms with Crippen LogP contribution in [-0.2, 0) is 19.1 Å². The van der Waals surface area contributed by atoms with Crippen molar-refractivity contribution in [2.45, 2.75) is 131 Å². The van der Waals surface area contributed by atoms with E-state index in [4.69, 9.17) is 10.5 Å². The molecule has 0 saturated heterocycles. The lowest BCUT2D eigenvalue weighted by atomic mass is 9.90. The fourth-order valence-electron chi connectivity index (χ4n) is 4.52. The lowest BCUT2D eigenvalue weighted by Gasteiger charge is -2.45. The van der Waals surface area contributed by atoms with E-state index in [1.165, 1.54) is 0 Å². The minimum Gasteiger partial charge on any atom is -0.444 e. The normalized spacial score (nSPS) is 14.1. The molecular formula is C30H50N4O5. The Morgan fingerprint density at radius 1 is 0.949 bits per heavy atom. The first-order valence-corrected chi connectivity index (χ1v) is 13.9. The van der Waals surface area contributed by atoms with Crippen molar-refractivity contribution in [3.63, 3.8) is 0 Å². The molecule has 3 atom stereocenters. The van der Waals surface area contributed by atoms with Crippen LogP contribution in [0, 0.1) is 13.8 Å². The Labute approximate surface area is 234 Å². The van der Waals surface area contributed by atoms with Gasteiger partial charge in [-0.3, -0.25) is 14.4 Å². The van der Waals surface area contributed by atoms with Crippen molar-refractivity contribution < 1.29 is 23.9 Å². The second-order valence-corrected chi connectivity index (χ2v) is 12.1. The molecule has 4 N–H and O–H groups in total. The molecule has 220 valence electrons. The number of aryl methyl sites for hydroxylation is 2. The summed E-state index contributed by atoms with van der Waals surface area (Å²) in [5.74, 6) is -1.39. The highest BCUT2D eigenvalue weighted by Crippen LogP contribution is 2.33. The van der Waals surface area contributed by atoms with Gasteiger partial charge < -0.3 is 26.0 Å². The molecule has 0 spiro atoms. The standard InChI is InChI=1S/C30H50N4O5/c1-11-13-21(5)32-26(36)25(22-17-19(3)16-20(4)18-22)34(30(9,10)12-2)27(37)23(14-15-24(31)35)33-28(38)39-29(6,7)8/h16-18,21,23,25H,11-15H2,1-10H3,(H2,31,35)(H,32,36)(H,33,38).